The lowest BCUT2D eigenvalue weighted by atomic mass is 10.2. The van der Waals surface area contributed by atoms with Crippen molar-refractivity contribution in [2.24, 2.45) is 0 Å². The predicted molar refractivity (Wildman–Crippen MR) is 122 cm³/mol. The van der Waals surface area contributed by atoms with Crippen LogP contribution in [0.15, 0.2) is 36.7 Å². The summed E-state index contributed by atoms with van der Waals surface area (Å²) >= 11 is 0. The van der Waals surface area contributed by atoms with Crippen LogP contribution in [0.2, 0.25) is 0 Å². The molecule has 10 nitrogen and oxygen atoms in total. The maximum absolute atomic E-state index is 11.8. The Morgan fingerprint density at radius 2 is 1.88 bits per heavy atom. The minimum absolute atomic E-state index is 0.0847. The second-order valence-corrected chi connectivity index (χ2v) is 7.71. The maximum atomic E-state index is 11.8. The SMILES string of the molecule is COC(=O)CCCCCNc1ncnc(N2CCN(Cc3ccccc3)CC2)c1[N+](=O)[O-]. The van der Waals surface area contributed by atoms with Crippen molar-refractivity contribution in [1.29, 1.82) is 0 Å². The number of rotatable bonds is 11. The van der Waals surface area contributed by atoms with Crippen molar-refractivity contribution in [3.05, 3.63) is 52.3 Å². The van der Waals surface area contributed by atoms with Gasteiger partial charge >= 0.3 is 11.7 Å². The highest BCUT2D eigenvalue weighted by molar-refractivity contribution is 5.70. The van der Waals surface area contributed by atoms with Gasteiger partial charge in [-0.15, -0.1) is 0 Å². The lowest BCUT2D eigenvalue weighted by Crippen LogP contribution is -2.46. The highest BCUT2D eigenvalue weighted by Gasteiger charge is 2.29. The van der Waals surface area contributed by atoms with Crippen LogP contribution in [0, 0.1) is 10.1 Å². The number of nitro groups is 1. The standard InChI is InChI=1S/C22H30N6O4/c1-32-19(29)10-6-3-7-11-23-21-20(28(30)31)22(25-17-24-21)27-14-12-26(13-15-27)16-18-8-4-2-5-9-18/h2,4-5,8-9,17H,3,6-7,10-16H2,1H3,(H,23,24,25). The Balaban J connectivity index is 1.55. The van der Waals surface area contributed by atoms with Gasteiger partial charge in [0.25, 0.3) is 0 Å². The van der Waals surface area contributed by atoms with Gasteiger partial charge < -0.3 is 15.0 Å². The predicted octanol–water partition coefficient (Wildman–Crippen LogP) is 2.85. The van der Waals surface area contributed by atoms with Gasteiger partial charge in [0.05, 0.1) is 12.0 Å². The van der Waals surface area contributed by atoms with E-state index in [2.05, 4.69) is 37.1 Å². The molecule has 1 fully saturated rings. The molecule has 0 radical (unpaired) electrons. The molecule has 0 bridgehead atoms. The van der Waals surface area contributed by atoms with Crippen LogP contribution in [0.25, 0.3) is 0 Å². The van der Waals surface area contributed by atoms with Crippen LogP contribution in [0.4, 0.5) is 17.3 Å². The highest BCUT2D eigenvalue weighted by Crippen LogP contribution is 2.32. The molecule has 0 atom stereocenters. The van der Waals surface area contributed by atoms with Crippen LogP contribution < -0.4 is 10.2 Å². The largest absolute Gasteiger partial charge is 0.469 e. The highest BCUT2D eigenvalue weighted by atomic mass is 16.6. The van der Waals surface area contributed by atoms with Gasteiger partial charge in [0, 0.05) is 45.7 Å². The first-order valence-electron chi connectivity index (χ1n) is 10.9. The van der Waals surface area contributed by atoms with Gasteiger partial charge in [-0.2, -0.15) is 0 Å². The Kier molecular flexibility index (Phi) is 8.73. The van der Waals surface area contributed by atoms with Crippen molar-refractivity contribution in [3.8, 4) is 0 Å². The molecule has 0 aliphatic carbocycles. The molecule has 3 rings (SSSR count). The van der Waals surface area contributed by atoms with Crippen LogP contribution in [0.1, 0.15) is 31.2 Å². The number of methoxy groups -OCH3 is 1. The Labute approximate surface area is 187 Å². The minimum Gasteiger partial charge on any atom is -0.469 e. The monoisotopic (exact) mass is 442 g/mol. The quantitative estimate of drug-likeness (QED) is 0.243. The van der Waals surface area contributed by atoms with Gasteiger partial charge in [0.1, 0.15) is 6.33 Å². The lowest BCUT2D eigenvalue weighted by molar-refractivity contribution is -0.383. The summed E-state index contributed by atoms with van der Waals surface area (Å²) in [6, 6.07) is 10.3. The van der Waals surface area contributed by atoms with Gasteiger partial charge in [-0.05, 0) is 18.4 Å². The van der Waals surface area contributed by atoms with E-state index in [9.17, 15) is 14.9 Å². The molecule has 1 aliphatic rings. The summed E-state index contributed by atoms with van der Waals surface area (Å²) in [5, 5.41) is 14.9. The maximum Gasteiger partial charge on any atom is 0.353 e. The molecule has 0 unspecified atom stereocenters. The summed E-state index contributed by atoms with van der Waals surface area (Å²) in [4.78, 5) is 35.2. The summed E-state index contributed by atoms with van der Waals surface area (Å²) in [6.45, 7) is 4.33. The van der Waals surface area contributed by atoms with Crippen molar-refractivity contribution in [1.82, 2.24) is 14.9 Å². The molecule has 1 N–H and O–H groups in total. The van der Waals surface area contributed by atoms with E-state index in [1.54, 1.807) is 0 Å². The topological polar surface area (TPSA) is 114 Å². The fourth-order valence-electron chi connectivity index (χ4n) is 3.74. The molecule has 0 spiro atoms. The fourth-order valence-corrected chi connectivity index (χ4v) is 3.74. The molecule has 1 aromatic carbocycles. The Morgan fingerprint density at radius 1 is 1.12 bits per heavy atom. The van der Waals surface area contributed by atoms with E-state index in [0.717, 1.165) is 38.9 Å². The number of hydrogen-bond acceptors (Lipinski definition) is 9. The summed E-state index contributed by atoms with van der Waals surface area (Å²) in [5.74, 6) is 0.371. The van der Waals surface area contributed by atoms with E-state index in [0.29, 0.717) is 31.9 Å². The number of ether oxygens (including phenoxy) is 1. The zero-order chi connectivity index (χ0) is 22.8. The summed E-state index contributed by atoms with van der Waals surface area (Å²) in [6.07, 6.45) is 4.06. The number of benzene rings is 1. The minimum atomic E-state index is -0.411. The van der Waals surface area contributed by atoms with Crippen LogP contribution in [0.3, 0.4) is 0 Å². The number of unbranched alkanes of at least 4 members (excludes halogenated alkanes) is 2. The lowest BCUT2D eigenvalue weighted by Gasteiger charge is -2.35. The normalized spacial score (nSPS) is 14.2. The number of piperazine rings is 1. The molecule has 32 heavy (non-hydrogen) atoms. The van der Waals surface area contributed by atoms with Crippen LogP contribution in [0.5, 0.6) is 0 Å². The first-order chi connectivity index (χ1) is 15.6. The van der Waals surface area contributed by atoms with E-state index in [1.165, 1.54) is 19.0 Å². The second-order valence-electron chi connectivity index (χ2n) is 7.71. The van der Waals surface area contributed by atoms with Gasteiger partial charge in [0.2, 0.25) is 11.6 Å². The average molecular weight is 443 g/mol. The van der Waals surface area contributed by atoms with Crippen LogP contribution in [-0.2, 0) is 16.1 Å². The van der Waals surface area contributed by atoms with Gasteiger partial charge in [0.15, 0.2) is 0 Å². The molecule has 1 saturated heterocycles. The molecule has 0 saturated carbocycles. The third kappa shape index (κ3) is 6.61. The van der Waals surface area contributed by atoms with Crippen LogP contribution in [-0.4, -0.2) is 65.6 Å². The van der Waals surface area contributed by atoms with Crippen molar-refractivity contribution < 1.29 is 14.5 Å². The van der Waals surface area contributed by atoms with Crippen molar-refractivity contribution >= 4 is 23.3 Å². The van der Waals surface area contributed by atoms with Gasteiger partial charge in [-0.25, -0.2) is 9.97 Å². The summed E-state index contributed by atoms with van der Waals surface area (Å²) in [5.41, 5.74) is 1.17. The number of hydrogen-bond donors (Lipinski definition) is 1. The molecular formula is C22H30N6O4. The van der Waals surface area contributed by atoms with Crippen LogP contribution >= 0.6 is 0 Å². The van der Waals surface area contributed by atoms with Crippen molar-refractivity contribution in [3.63, 3.8) is 0 Å². The molecule has 10 heteroatoms. The molecular weight excluding hydrogens is 412 g/mol. The third-order valence-corrected chi connectivity index (χ3v) is 5.48. The molecule has 2 heterocycles. The number of carbonyl (C=O) groups excluding carboxylic acids is 1. The summed E-state index contributed by atoms with van der Waals surface area (Å²) < 4.78 is 4.62. The number of carbonyl (C=O) groups is 1. The van der Waals surface area contributed by atoms with Crippen molar-refractivity contribution in [2.45, 2.75) is 32.2 Å². The molecule has 0 amide bonds. The number of nitrogens with one attached hydrogen (secondary N) is 1. The molecule has 1 aromatic heterocycles. The van der Waals surface area contributed by atoms with E-state index < -0.39 is 4.92 Å². The Hall–Kier alpha value is -3.27. The molecule has 1 aliphatic heterocycles. The fraction of sp³-hybridized carbons (Fsp3) is 0.500. The number of nitrogens with zero attached hydrogens (tertiary/aromatic N) is 5. The second kappa shape index (κ2) is 11.9. The van der Waals surface area contributed by atoms with E-state index in [1.807, 2.05) is 23.1 Å². The number of anilines is 2. The Morgan fingerprint density at radius 3 is 2.56 bits per heavy atom. The number of aromatic nitrogens is 2. The van der Waals surface area contributed by atoms with Gasteiger partial charge in [-0.3, -0.25) is 19.8 Å². The first kappa shape index (κ1) is 23.4. The van der Waals surface area contributed by atoms with E-state index in [-0.39, 0.29) is 17.5 Å². The third-order valence-electron chi connectivity index (χ3n) is 5.48. The zero-order valence-electron chi connectivity index (χ0n) is 18.4. The zero-order valence-corrected chi connectivity index (χ0v) is 18.4. The smallest absolute Gasteiger partial charge is 0.353 e. The van der Waals surface area contributed by atoms with Gasteiger partial charge in [-0.1, -0.05) is 36.8 Å². The Bertz CT molecular complexity index is 887. The van der Waals surface area contributed by atoms with Crippen molar-refractivity contribution in [2.75, 3.05) is 50.1 Å². The summed E-state index contributed by atoms with van der Waals surface area (Å²) in [7, 11) is 1.37. The first-order valence-corrected chi connectivity index (χ1v) is 10.9. The number of esters is 1. The molecule has 172 valence electrons. The average Bonchev–Trinajstić information content (AvgIpc) is 2.82. The molecule has 2 aromatic rings. The van der Waals surface area contributed by atoms with E-state index in [4.69, 9.17) is 0 Å². The van der Waals surface area contributed by atoms with E-state index >= 15 is 0 Å².